The fourth-order valence-corrected chi connectivity index (χ4v) is 1.84. The summed E-state index contributed by atoms with van der Waals surface area (Å²) in [5.41, 5.74) is 0.787. The largest absolute Gasteiger partial charge is 0.360 e. The summed E-state index contributed by atoms with van der Waals surface area (Å²) >= 11 is 0. The lowest BCUT2D eigenvalue weighted by Gasteiger charge is -2.10. The van der Waals surface area contributed by atoms with Crippen LogP contribution in [0.25, 0.3) is 0 Å². The number of hydrogen-bond donors (Lipinski definition) is 1. The molecular weight excluding hydrogens is 242 g/mol. The van der Waals surface area contributed by atoms with Gasteiger partial charge in [0.05, 0.1) is 12.2 Å². The first-order chi connectivity index (χ1) is 9.06. The maximum absolute atomic E-state index is 12.1. The summed E-state index contributed by atoms with van der Waals surface area (Å²) in [5.74, 6) is 0.789. The number of anilines is 1. The molecule has 6 heteroatoms. The molecule has 0 saturated heterocycles. The Hall–Kier alpha value is -2.11. The molecule has 0 atom stereocenters. The summed E-state index contributed by atoms with van der Waals surface area (Å²) < 4.78 is 3.41. The molecule has 2 heterocycles. The lowest BCUT2D eigenvalue weighted by Crippen LogP contribution is -2.25. The van der Waals surface area contributed by atoms with Crippen molar-refractivity contribution in [2.45, 2.75) is 26.9 Å². The molecule has 0 saturated carbocycles. The third kappa shape index (κ3) is 3.43. The van der Waals surface area contributed by atoms with Crippen molar-refractivity contribution < 1.29 is 0 Å². The minimum Gasteiger partial charge on any atom is -0.360 e. The summed E-state index contributed by atoms with van der Waals surface area (Å²) in [5, 5.41) is 7.28. The van der Waals surface area contributed by atoms with E-state index in [-0.39, 0.29) is 5.56 Å². The topological polar surface area (TPSA) is 64.7 Å². The van der Waals surface area contributed by atoms with E-state index in [0.29, 0.717) is 24.8 Å². The predicted molar refractivity (Wildman–Crippen MR) is 73.9 cm³/mol. The van der Waals surface area contributed by atoms with Crippen LogP contribution in [0.5, 0.6) is 0 Å². The van der Waals surface area contributed by atoms with Crippen LogP contribution in [-0.2, 0) is 20.1 Å². The molecule has 0 fully saturated rings. The van der Waals surface area contributed by atoms with Crippen molar-refractivity contribution in [2.75, 3.05) is 5.32 Å². The van der Waals surface area contributed by atoms with E-state index in [4.69, 9.17) is 0 Å². The molecular formula is C13H19N5O. The van der Waals surface area contributed by atoms with Gasteiger partial charge >= 0.3 is 0 Å². The van der Waals surface area contributed by atoms with E-state index in [1.165, 1.54) is 0 Å². The van der Waals surface area contributed by atoms with Crippen molar-refractivity contribution in [3.05, 3.63) is 40.7 Å². The number of nitrogens with one attached hydrogen (secondary N) is 1. The molecule has 2 aromatic heterocycles. The quantitative estimate of drug-likeness (QED) is 0.879. The van der Waals surface area contributed by atoms with Crippen LogP contribution in [0.3, 0.4) is 0 Å². The number of nitrogens with zero attached hydrogens (tertiary/aromatic N) is 4. The van der Waals surface area contributed by atoms with Crippen LogP contribution < -0.4 is 10.9 Å². The Morgan fingerprint density at radius 2 is 2.16 bits per heavy atom. The number of rotatable bonds is 5. The summed E-state index contributed by atoms with van der Waals surface area (Å²) in [6.45, 7) is 5.34. The first-order valence-corrected chi connectivity index (χ1v) is 6.34. The highest BCUT2D eigenvalue weighted by molar-refractivity contribution is 5.31. The molecule has 2 aromatic rings. The zero-order chi connectivity index (χ0) is 13.8. The molecule has 1 N–H and O–H groups in total. The lowest BCUT2D eigenvalue weighted by molar-refractivity contribution is 0.509. The summed E-state index contributed by atoms with van der Waals surface area (Å²) in [7, 11) is 1.86. The normalized spacial score (nSPS) is 10.9. The van der Waals surface area contributed by atoms with E-state index in [9.17, 15) is 4.79 Å². The predicted octanol–water partition coefficient (Wildman–Crippen LogP) is 1.24. The Balaban J connectivity index is 2.10. The Kier molecular flexibility index (Phi) is 3.99. The van der Waals surface area contributed by atoms with Crippen molar-refractivity contribution in [3.8, 4) is 0 Å². The highest BCUT2D eigenvalue weighted by Gasteiger charge is 2.06. The first kappa shape index (κ1) is 13.3. The second kappa shape index (κ2) is 5.69. The van der Waals surface area contributed by atoms with Gasteiger partial charge in [0.1, 0.15) is 0 Å². The van der Waals surface area contributed by atoms with Gasteiger partial charge in [-0.3, -0.25) is 9.48 Å². The maximum Gasteiger partial charge on any atom is 0.293 e. The second-order valence-corrected chi connectivity index (χ2v) is 4.96. The molecule has 0 bridgehead atoms. The van der Waals surface area contributed by atoms with Crippen molar-refractivity contribution in [2.24, 2.45) is 13.0 Å². The molecule has 19 heavy (non-hydrogen) atoms. The van der Waals surface area contributed by atoms with Gasteiger partial charge in [-0.15, -0.1) is 0 Å². The Morgan fingerprint density at radius 1 is 1.37 bits per heavy atom. The molecule has 0 aliphatic heterocycles. The van der Waals surface area contributed by atoms with Gasteiger partial charge in [0.2, 0.25) is 0 Å². The van der Waals surface area contributed by atoms with Gasteiger partial charge in [-0.25, -0.2) is 4.98 Å². The van der Waals surface area contributed by atoms with Crippen LogP contribution in [0.15, 0.2) is 29.5 Å². The number of aryl methyl sites for hydroxylation is 1. The minimum absolute atomic E-state index is 0.0906. The van der Waals surface area contributed by atoms with Gasteiger partial charge in [0.15, 0.2) is 5.82 Å². The molecule has 0 aliphatic carbocycles. The van der Waals surface area contributed by atoms with Crippen LogP contribution in [-0.4, -0.2) is 19.3 Å². The van der Waals surface area contributed by atoms with E-state index in [1.807, 2.05) is 19.3 Å². The zero-order valence-electron chi connectivity index (χ0n) is 11.5. The fourth-order valence-electron chi connectivity index (χ4n) is 1.84. The third-order valence-electron chi connectivity index (χ3n) is 2.68. The van der Waals surface area contributed by atoms with E-state index in [0.717, 1.165) is 5.69 Å². The number of aromatic nitrogens is 4. The highest BCUT2D eigenvalue weighted by atomic mass is 16.1. The van der Waals surface area contributed by atoms with Crippen molar-refractivity contribution in [1.29, 1.82) is 0 Å². The zero-order valence-corrected chi connectivity index (χ0v) is 11.5. The minimum atomic E-state index is -0.0906. The Morgan fingerprint density at radius 3 is 2.79 bits per heavy atom. The van der Waals surface area contributed by atoms with Crippen LogP contribution >= 0.6 is 0 Å². The SMILES string of the molecule is CC(C)Cn1ccnc(NCc2ccn(C)n2)c1=O. The third-order valence-corrected chi connectivity index (χ3v) is 2.68. The van der Waals surface area contributed by atoms with E-state index < -0.39 is 0 Å². The van der Waals surface area contributed by atoms with E-state index in [1.54, 1.807) is 21.6 Å². The second-order valence-electron chi connectivity index (χ2n) is 4.96. The van der Waals surface area contributed by atoms with Crippen LogP contribution in [0, 0.1) is 5.92 Å². The first-order valence-electron chi connectivity index (χ1n) is 6.34. The molecule has 0 radical (unpaired) electrons. The van der Waals surface area contributed by atoms with Gasteiger partial charge in [-0.1, -0.05) is 13.8 Å². The smallest absolute Gasteiger partial charge is 0.293 e. The van der Waals surface area contributed by atoms with Gasteiger partial charge in [-0.2, -0.15) is 5.10 Å². The van der Waals surface area contributed by atoms with Crippen molar-refractivity contribution >= 4 is 5.82 Å². The summed E-state index contributed by atoms with van der Waals surface area (Å²) in [4.78, 5) is 16.2. The van der Waals surface area contributed by atoms with Gasteiger partial charge in [0.25, 0.3) is 5.56 Å². The van der Waals surface area contributed by atoms with Crippen LogP contribution in [0.1, 0.15) is 19.5 Å². The van der Waals surface area contributed by atoms with Crippen LogP contribution in [0.4, 0.5) is 5.82 Å². The average Bonchev–Trinajstić information content (AvgIpc) is 2.76. The molecule has 0 unspecified atom stereocenters. The highest BCUT2D eigenvalue weighted by Crippen LogP contribution is 2.01. The van der Waals surface area contributed by atoms with Crippen molar-refractivity contribution in [3.63, 3.8) is 0 Å². The molecule has 0 amide bonds. The van der Waals surface area contributed by atoms with Gasteiger partial charge < -0.3 is 9.88 Å². The molecule has 0 aromatic carbocycles. The lowest BCUT2D eigenvalue weighted by atomic mass is 10.2. The Labute approximate surface area is 112 Å². The monoisotopic (exact) mass is 261 g/mol. The fraction of sp³-hybridized carbons (Fsp3) is 0.462. The Bertz CT molecular complexity index is 599. The average molecular weight is 261 g/mol. The van der Waals surface area contributed by atoms with Gasteiger partial charge in [0, 0.05) is 32.2 Å². The molecule has 0 spiro atoms. The summed E-state index contributed by atoms with van der Waals surface area (Å²) in [6.07, 6.45) is 5.23. The maximum atomic E-state index is 12.1. The molecule has 2 rings (SSSR count). The molecule has 102 valence electrons. The standard InChI is InChI=1S/C13H19N5O/c1-10(2)9-18-7-5-14-12(13(18)19)15-8-11-4-6-17(3)16-11/h4-7,10H,8-9H2,1-3H3,(H,14,15). The number of hydrogen-bond acceptors (Lipinski definition) is 4. The summed E-state index contributed by atoms with van der Waals surface area (Å²) in [6, 6.07) is 1.91. The van der Waals surface area contributed by atoms with E-state index in [2.05, 4.69) is 29.2 Å². The van der Waals surface area contributed by atoms with Gasteiger partial charge in [-0.05, 0) is 12.0 Å². The van der Waals surface area contributed by atoms with E-state index >= 15 is 0 Å². The van der Waals surface area contributed by atoms with Crippen LogP contribution in [0.2, 0.25) is 0 Å². The molecule has 0 aliphatic rings. The molecule has 6 nitrogen and oxygen atoms in total. The van der Waals surface area contributed by atoms with Crippen molar-refractivity contribution in [1.82, 2.24) is 19.3 Å².